The Hall–Kier alpha value is -1.42. The van der Waals surface area contributed by atoms with Crippen LogP contribution in [-0.4, -0.2) is 34.2 Å². The number of ether oxygens (including phenoxy) is 1. The summed E-state index contributed by atoms with van der Waals surface area (Å²) in [6, 6.07) is 0. The van der Waals surface area contributed by atoms with Gasteiger partial charge in [0.05, 0.1) is 17.4 Å². The molecule has 33 heavy (non-hydrogen) atoms. The van der Waals surface area contributed by atoms with E-state index < -0.39 is 0 Å². The molecule has 0 aromatic carbocycles. The number of nitrogens with zero attached hydrogens (tertiary/aromatic N) is 2. The van der Waals surface area contributed by atoms with Gasteiger partial charge in [-0.2, -0.15) is 5.10 Å². The number of aliphatic imine (C=N–C) groups is 1. The van der Waals surface area contributed by atoms with E-state index in [1.807, 2.05) is 5.57 Å². The molecule has 1 saturated heterocycles. The molecule has 0 bridgehead atoms. The summed E-state index contributed by atoms with van der Waals surface area (Å²) in [4.78, 5) is 5.03. The van der Waals surface area contributed by atoms with Crippen LogP contribution in [0.1, 0.15) is 83.9 Å². The van der Waals surface area contributed by atoms with E-state index in [2.05, 4.69) is 44.1 Å². The molecule has 2 aliphatic heterocycles. The zero-order valence-corrected chi connectivity index (χ0v) is 21.0. The maximum absolute atomic E-state index is 6.99. The van der Waals surface area contributed by atoms with Crippen LogP contribution >= 0.6 is 0 Å². The van der Waals surface area contributed by atoms with E-state index in [0.29, 0.717) is 17.3 Å². The minimum atomic E-state index is 0.00210. The van der Waals surface area contributed by atoms with Crippen molar-refractivity contribution in [1.82, 2.24) is 10.2 Å². The normalized spacial score (nSPS) is 48.5. The van der Waals surface area contributed by atoms with Crippen molar-refractivity contribution in [3.8, 4) is 0 Å². The maximum Gasteiger partial charge on any atom is 0.0966 e. The molecule has 1 spiro atoms. The first-order valence-corrected chi connectivity index (χ1v) is 13.8. The molecule has 0 amide bonds. The van der Waals surface area contributed by atoms with Gasteiger partial charge < -0.3 is 4.74 Å². The molecule has 0 unspecified atom stereocenters. The average molecular weight is 448 g/mol. The van der Waals surface area contributed by atoms with Crippen molar-refractivity contribution < 1.29 is 4.74 Å². The average Bonchev–Trinajstić information content (AvgIpc) is 3.43. The van der Waals surface area contributed by atoms with Gasteiger partial charge in [-0.15, -0.1) is 0 Å². The fourth-order valence-electron chi connectivity index (χ4n) is 9.66. The zero-order valence-electron chi connectivity index (χ0n) is 21.0. The third-order valence-electron chi connectivity index (χ3n) is 11.5. The number of hydrogen-bond acceptors (Lipinski definition) is 3. The van der Waals surface area contributed by atoms with E-state index >= 15 is 0 Å². The second-order valence-electron chi connectivity index (χ2n) is 13.1. The molecule has 2 saturated carbocycles. The molecular weight excluding hydrogens is 406 g/mol. The van der Waals surface area contributed by atoms with E-state index in [9.17, 15) is 0 Å². The summed E-state index contributed by atoms with van der Waals surface area (Å²) in [6.07, 6.45) is 13.9. The lowest BCUT2D eigenvalue weighted by molar-refractivity contribution is -0.0689. The predicted molar refractivity (Wildman–Crippen MR) is 131 cm³/mol. The van der Waals surface area contributed by atoms with Gasteiger partial charge in [-0.25, -0.2) is 0 Å². The molecule has 6 aliphatic rings. The first-order valence-electron chi connectivity index (χ1n) is 13.8. The third-order valence-corrected chi connectivity index (χ3v) is 11.5. The standard InChI is InChI=1S/C29H41N3O/c1-16-9-26-27(30-14-16)18(3)29(33-26)8-7-21-22-6-5-20-10-25-19(15-31-32-25)13-28(20,4)24(22)11-23(21)17(2)12-29/h15-16,18,20-22,24,26H,5-14H2,1-4H3,(H,31,32)/t16-,18+,20+,21-,22-,24-,26+,28-,29-/m0/s1. The van der Waals surface area contributed by atoms with Gasteiger partial charge >= 0.3 is 0 Å². The first kappa shape index (κ1) is 20.9. The van der Waals surface area contributed by atoms with Gasteiger partial charge in [0.15, 0.2) is 0 Å². The third kappa shape index (κ3) is 2.85. The molecule has 1 N–H and O–H groups in total. The fourth-order valence-corrected chi connectivity index (χ4v) is 9.66. The van der Waals surface area contributed by atoms with Crippen LogP contribution in [0, 0.1) is 40.9 Å². The predicted octanol–water partition coefficient (Wildman–Crippen LogP) is 5.93. The summed E-state index contributed by atoms with van der Waals surface area (Å²) in [5, 5.41) is 7.75. The van der Waals surface area contributed by atoms with E-state index in [-0.39, 0.29) is 11.7 Å². The summed E-state index contributed by atoms with van der Waals surface area (Å²) in [6.45, 7) is 10.9. The summed E-state index contributed by atoms with van der Waals surface area (Å²) in [5.74, 6) is 4.46. The maximum atomic E-state index is 6.99. The summed E-state index contributed by atoms with van der Waals surface area (Å²) < 4.78 is 6.99. The number of rotatable bonds is 0. The molecule has 7 rings (SSSR count). The molecule has 4 nitrogen and oxygen atoms in total. The molecule has 178 valence electrons. The van der Waals surface area contributed by atoms with E-state index in [1.54, 1.807) is 5.57 Å². The first-order chi connectivity index (χ1) is 15.9. The van der Waals surface area contributed by atoms with Gasteiger partial charge in [0.2, 0.25) is 0 Å². The quantitative estimate of drug-likeness (QED) is 0.501. The Morgan fingerprint density at radius 3 is 2.88 bits per heavy atom. The molecule has 4 aliphatic carbocycles. The number of H-pyrrole nitrogens is 1. The van der Waals surface area contributed by atoms with Crippen LogP contribution in [0.15, 0.2) is 22.3 Å². The minimum absolute atomic E-state index is 0.00210. The summed E-state index contributed by atoms with van der Waals surface area (Å²) in [5.41, 5.74) is 8.19. The number of nitrogens with one attached hydrogen (secondary N) is 1. The Balaban J connectivity index is 1.20. The second kappa shape index (κ2) is 7.06. The van der Waals surface area contributed by atoms with Crippen molar-refractivity contribution in [3.05, 3.63) is 28.6 Å². The van der Waals surface area contributed by atoms with Gasteiger partial charge in [0, 0.05) is 24.4 Å². The molecule has 4 heteroatoms. The number of aromatic nitrogens is 2. The fraction of sp³-hybridized carbons (Fsp3) is 0.793. The lowest BCUT2D eigenvalue weighted by Gasteiger charge is -2.52. The van der Waals surface area contributed by atoms with Crippen molar-refractivity contribution in [2.24, 2.45) is 45.9 Å². The van der Waals surface area contributed by atoms with Crippen LogP contribution in [-0.2, 0) is 17.6 Å². The van der Waals surface area contributed by atoms with Gasteiger partial charge in [-0.3, -0.25) is 10.1 Å². The van der Waals surface area contributed by atoms with Crippen LogP contribution in [0.25, 0.3) is 0 Å². The molecule has 1 aromatic rings. The highest BCUT2D eigenvalue weighted by Gasteiger charge is 2.58. The smallest absolute Gasteiger partial charge is 0.0966 e. The summed E-state index contributed by atoms with van der Waals surface area (Å²) in [7, 11) is 0. The second-order valence-corrected chi connectivity index (χ2v) is 13.1. The molecule has 3 heterocycles. The highest BCUT2D eigenvalue weighted by atomic mass is 16.5. The SMILES string of the molecule is CC1=C2C[C@H]3[C@@H](CC[C@@H]4Cc5n[nH]cc5C[C@@]43C)[C@@H]2CC[C@@]2(C1)O[C@@H]1C[C@H](C)CN=C1[C@H]2C. The number of fused-ring (bicyclic) bond motifs is 7. The molecule has 3 fully saturated rings. The Kier molecular flexibility index (Phi) is 4.47. The topological polar surface area (TPSA) is 50.3 Å². The van der Waals surface area contributed by atoms with Gasteiger partial charge in [-0.05, 0) is 105 Å². The van der Waals surface area contributed by atoms with Crippen LogP contribution in [0.5, 0.6) is 0 Å². The van der Waals surface area contributed by atoms with Crippen molar-refractivity contribution in [2.75, 3.05) is 6.54 Å². The van der Waals surface area contributed by atoms with E-state index in [4.69, 9.17) is 9.73 Å². The Bertz CT molecular complexity index is 1040. The van der Waals surface area contributed by atoms with Gasteiger partial charge in [-0.1, -0.05) is 31.9 Å². The van der Waals surface area contributed by atoms with E-state index in [1.165, 1.54) is 68.3 Å². The number of allylic oxidation sites excluding steroid dienone is 1. The van der Waals surface area contributed by atoms with Gasteiger partial charge in [0.25, 0.3) is 0 Å². The summed E-state index contributed by atoms with van der Waals surface area (Å²) >= 11 is 0. The van der Waals surface area contributed by atoms with Crippen molar-refractivity contribution in [1.29, 1.82) is 0 Å². The Labute approximate surface area is 199 Å². The number of aromatic amines is 1. The van der Waals surface area contributed by atoms with Gasteiger partial charge in [0.1, 0.15) is 0 Å². The van der Waals surface area contributed by atoms with Crippen LogP contribution in [0.2, 0.25) is 0 Å². The zero-order chi connectivity index (χ0) is 22.5. The van der Waals surface area contributed by atoms with Crippen LogP contribution in [0.3, 0.4) is 0 Å². The molecule has 0 radical (unpaired) electrons. The molecular formula is C29H41N3O. The van der Waals surface area contributed by atoms with Crippen LogP contribution in [0.4, 0.5) is 0 Å². The number of hydrogen-bond donors (Lipinski definition) is 1. The van der Waals surface area contributed by atoms with Crippen LogP contribution < -0.4 is 0 Å². The largest absolute Gasteiger partial charge is 0.365 e. The highest BCUT2D eigenvalue weighted by Crippen LogP contribution is 2.64. The Morgan fingerprint density at radius 2 is 2.00 bits per heavy atom. The van der Waals surface area contributed by atoms with E-state index in [0.717, 1.165) is 36.6 Å². The Morgan fingerprint density at radius 1 is 1.12 bits per heavy atom. The van der Waals surface area contributed by atoms with Crippen molar-refractivity contribution in [3.63, 3.8) is 0 Å². The lowest BCUT2D eigenvalue weighted by Crippen LogP contribution is -2.47. The van der Waals surface area contributed by atoms with Crippen molar-refractivity contribution in [2.45, 2.75) is 97.2 Å². The highest BCUT2D eigenvalue weighted by molar-refractivity contribution is 5.94. The monoisotopic (exact) mass is 447 g/mol. The molecule has 1 aromatic heterocycles. The molecule has 9 atom stereocenters. The van der Waals surface area contributed by atoms with Crippen molar-refractivity contribution >= 4 is 5.71 Å². The lowest BCUT2D eigenvalue weighted by atomic mass is 9.52. The minimum Gasteiger partial charge on any atom is -0.365 e.